The second-order valence-electron chi connectivity index (χ2n) is 3.67. The zero-order chi connectivity index (χ0) is 11.4. The molecular formula is C10H16N6. The van der Waals surface area contributed by atoms with Crippen molar-refractivity contribution in [1.29, 1.82) is 0 Å². The van der Waals surface area contributed by atoms with Crippen LogP contribution in [0.4, 0.5) is 11.6 Å². The zero-order valence-electron chi connectivity index (χ0n) is 9.27. The number of rotatable bonds is 5. The summed E-state index contributed by atoms with van der Waals surface area (Å²) in [6.07, 6.45) is 6.55. The van der Waals surface area contributed by atoms with Crippen molar-refractivity contribution in [1.82, 2.24) is 19.5 Å². The SMILES string of the molecule is Cc1nc(NCCCn2ccnc2)c(N)[nH]1. The van der Waals surface area contributed by atoms with E-state index in [9.17, 15) is 0 Å². The van der Waals surface area contributed by atoms with Crippen molar-refractivity contribution in [3.63, 3.8) is 0 Å². The maximum absolute atomic E-state index is 5.72. The van der Waals surface area contributed by atoms with Crippen LogP contribution in [-0.2, 0) is 6.54 Å². The largest absolute Gasteiger partial charge is 0.382 e. The second-order valence-corrected chi connectivity index (χ2v) is 3.67. The Bertz CT molecular complexity index is 430. The van der Waals surface area contributed by atoms with Gasteiger partial charge >= 0.3 is 0 Å². The van der Waals surface area contributed by atoms with Crippen LogP contribution in [0.5, 0.6) is 0 Å². The fourth-order valence-corrected chi connectivity index (χ4v) is 1.53. The van der Waals surface area contributed by atoms with Crippen LogP contribution in [0.15, 0.2) is 18.7 Å². The quantitative estimate of drug-likeness (QED) is 0.656. The first-order chi connectivity index (χ1) is 7.75. The number of aromatic amines is 1. The Labute approximate surface area is 93.9 Å². The van der Waals surface area contributed by atoms with Crippen LogP contribution < -0.4 is 11.1 Å². The molecule has 16 heavy (non-hydrogen) atoms. The Morgan fingerprint density at radius 2 is 2.44 bits per heavy atom. The fourth-order valence-electron chi connectivity index (χ4n) is 1.53. The van der Waals surface area contributed by atoms with Gasteiger partial charge in [0.15, 0.2) is 5.82 Å². The summed E-state index contributed by atoms with van der Waals surface area (Å²) in [5.41, 5.74) is 5.72. The van der Waals surface area contributed by atoms with Crippen LogP contribution in [0, 0.1) is 6.92 Å². The number of aryl methyl sites for hydroxylation is 2. The molecule has 0 amide bonds. The third-order valence-electron chi connectivity index (χ3n) is 2.29. The number of anilines is 2. The number of nitrogens with one attached hydrogen (secondary N) is 2. The van der Waals surface area contributed by atoms with Crippen molar-refractivity contribution >= 4 is 11.6 Å². The predicted octanol–water partition coefficient (Wildman–Crippen LogP) is 0.999. The van der Waals surface area contributed by atoms with Gasteiger partial charge in [-0.25, -0.2) is 9.97 Å². The van der Waals surface area contributed by atoms with Gasteiger partial charge in [-0.05, 0) is 13.3 Å². The number of nitrogens with zero attached hydrogens (tertiary/aromatic N) is 3. The monoisotopic (exact) mass is 220 g/mol. The van der Waals surface area contributed by atoms with E-state index in [0.717, 1.165) is 31.2 Å². The summed E-state index contributed by atoms with van der Waals surface area (Å²) in [5, 5.41) is 3.20. The van der Waals surface area contributed by atoms with Crippen molar-refractivity contribution < 1.29 is 0 Å². The van der Waals surface area contributed by atoms with Gasteiger partial charge in [-0.15, -0.1) is 0 Å². The number of hydrogen-bond acceptors (Lipinski definition) is 4. The van der Waals surface area contributed by atoms with Gasteiger partial charge in [0.05, 0.1) is 6.33 Å². The lowest BCUT2D eigenvalue weighted by Crippen LogP contribution is -2.07. The van der Waals surface area contributed by atoms with E-state index in [4.69, 9.17) is 5.73 Å². The molecule has 6 heteroatoms. The van der Waals surface area contributed by atoms with E-state index in [-0.39, 0.29) is 0 Å². The van der Waals surface area contributed by atoms with Gasteiger partial charge in [0.2, 0.25) is 0 Å². The molecule has 2 aromatic rings. The third-order valence-corrected chi connectivity index (χ3v) is 2.29. The summed E-state index contributed by atoms with van der Waals surface area (Å²) in [6, 6.07) is 0. The average Bonchev–Trinajstić information content (AvgIpc) is 2.84. The number of nitrogens with two attached hydrogens (primary N) is 1. The molecule has 2 aromatic heterocycles. The predicted molar refractivity (Wildman–Crippen MR) is 63.1 cm³/mol. The molecule has 2 rings (SSSR count). The first kappa shape index (κ1) is 10.5. The highest BCUT2D eigenvalue weighted by molar-refractivity contribution is 5.56. The highest BCUT2D eigenvalue weighted by atomic mass is 15.1. The molecule has 0 unspecified atom stereocenters. The van der Waals surface area contributed by atoms with Crippen LogP contribution in [0.25, 0.3) is 0 Å². The molecule has 86 valence electrons. The third kappa shape index (κ3) is 2.53. The van der Waals surface area contributed by atoms with Crippen molar-refractivity contribution in [2.24, 2.45) is 0 Å². The molecule has 2 heterocycles. The van der Waals surface area contributed by atoms with Crippen LogP contribution >= 0.6 is 0 Å². The summed E-state index contributed by atoms with van der Waals surface area (Å²) >= 11 is 0. The standard InChI is InChI=1S/C10H16N6/c1-8-14-9(11)10(15-8)13-3-2-5-16-6-4-12-7-16/h4,6-7,13H,2-3,5,11H2,1H3,(H,14,15). The van der Waals surface area contributed by atoms with Crippen molar-refractivity contribution in [3.05, 3.63) is 24.5 Å². The Kier molecular flexibility index (Phi) is 3.09. The molecule has 6 nitrogen and oxygen atoms in total. The minimum absolute atomic E-state index is 0.597. The van der Waals surface area contributed by atoms with Crippen molar-refractivity contribution in [2.75, 3.05) is 17.6 Å². The summed E-state index contributed by atoms with van der Waals surface area (Å²) in [5.74, 6) is 2.16. The average molecular weight is 220 g/mol. The number of H-pyrrole nitrogens is 1. The summed E-state index contributed by atoms with van der Waals surface area (Å²) in [6.45, 7) is 3.66. The Morgan fingerprint density at radius 1 is 1.56 bits per heavy atom. The maximum atomic E-state index is 5.72. The van der Waals surface area contributed by atoms with Crippen LogP contribution in [-0.4, -0.2) is 26.1 Å². The molecule has 0 aliphatic rings. The Balaban J connectivity index is 1.74. The zero-order valence-corrected chi connectivity index (χ0v) is 9.27. The normalized spacial score (nSPS) is 10.6. The van der Waals surface area contributed by atoms with E-state index in [0.29, 0.717) is 5.82 Å². The molecule has 0 saturated carbocycles. The van der Waals surface area contributed by atoms with Gasteiger partial charge in [0.25, 0.3) is 0 Å². The number of imidazole rings is 2. The minimum Gasteiger partial charge on any atom is -0.382 e. The van der Waals surface area contributed by atoms with E-state index in [1.165, 1.54) is 0 Å². The van der Waals surface area contributed by atoms with Gasteiger partial charge in [-0.3, -0.25) is 0 Å². The molecule has 0 aliphatic carbocycles. The molecule has 0 atom stereocenters. The van der Waals surface area contributed by atoms with Gasteiger partial charge in [0.1, 0.15) is 11.6 Å². The maximum Gasteiger partial charge on any atom is 0.168 e. The van der Waals surface area contributed by atoms with E-state index in [1.54, 1.807) is 6.20 Å². The number of nitrogen functional groups attached to an aromatic ring is 1. The van der Waals surface area contributed by atoms with Crippen LogP contribution in [0.2, 0.25) is 0 Å². The summed E-state index contributed by atoms with van der Waals surface area (Å²) in [7, 11) is 0. The fraction of sp³-hybridized carbons (Fsp3) is 0.400. The lowest BCUT2D eigenvalue weighted by atomic mass is 10.4. The van der Waals surface area contributed by atoms with Crippen LogP contribution in [0.3, 0.4) is 0 Å². The van der Waals surface area contributed by atoms with Crippen LogP contribution in [0.1, 0.15) is 12.2 Å². The lowest BCUT2D eigenvalue weighted by Gasteiger charge is -2.04. The van der Waals surface area contributed by atoms with Gasteiger partial charge in [-0.2, -0.15) is 0 Å². The highest BCUT2D eigenvalue weighted by Gasteiger charge is 2.02. The molecule has 0 saturated heterocycles. The number of hydrogen-bond donors (Lipinski definition) is 3. The second kappa shape index (κ2) is 4.69. The van der Waals surface area contributed by atoms with E-state index >= 15 is 0 Å². The van der Waals surface area contributed by atoms with Crippen molar-refractivity contribution in [3.8, 4) is 0 Å². The lowest BCUT2D eigenvalue weighted by molar-refractivity contribution is 0.660. The smallest absolute Gasteiger partial charge is 0.168 e. The molecular weight excluding hydrogens is 204 g/mol. The first-order valence-electron chi connectivity index (χ1n) is 5.27. The van der Waals surface area contributed by atoms with E-state index < -0.39 is 0 Å². The van der Waals surface area contributed by atoms with E-state index in [1.807, 2.05) is 24.0 Å². The first-order valence-corrected chi connectivity index (χ1v) is 5.27. The van der Waals surface area contributed by atoms with E-state index in [2.05, 4.69) is 20.3 Å². The van der Waals surface area contributed by atoms with Gasteiger partial charge < -0.3 is 20.6 Å². The molecule has 0 spiro atoms. The number of aromatic nitrogens is 4. The highest BCUT2D eigenvalue weighted by Crippen LogP contribution is 2.13. The Morgan fingerprint density at radius 3 is 3.06 bits per heavy atom. The van der Waals surface area contributed by atoms with Gasteiger partial charge in [-0.1, -0.05) is 0 Å². The van der Waals surface area contributed by atoms with Crippen molar-refractivity contribution in [2.45, 2.75) is 19.9 Å². The molecule has 0 bridgehead atoms. The van der Waals surface area contributed by atoms with Gasteiger partial charge in [0, 0.05) is 25.5 Å². The summed E-state index contributed by atoms with van der Waals surface area (Å²) in [4.78, 5) is 11.2. The molecule has 4 N–H and O–H groups in total. The summed E-state index contributed by atoms with van der Waals surface area (Å²) < 4.78 is 2.04. The minimum atomic E-state index is 0.597. The Hall–Kier alpha value is -1.98. The molecule has 0 aromatic carbocycles. The molecule has 0 fully saturated rings. The molecule has 0 radical (unpaired) electrons. The topological polar surface area (TPSA) is 84.6 Å². The molecule has 0 aliphatic heterocycles.